The Hall–Kier alpha value is -1.26. The molecule has 3 radical (unpaired) electrons. The maximum Gasteiger partial charge on any atom is 0.351 e. The lowest BCUT2D eigenvalue weighted by atomic mass is 10.1. The number of rotatable bonds is 11. The van der Waals surface area contributed by atoms with Gasteiger partial charge >= 0.3 is 11.9 Å². The first-order valence-electron chi connectivity index (χ1n) is 5.37. The van der Waals surface area contributed by atoms with Gasteiger partial charge in [-0.25, -0.2) is 4.79 Å². The number of nitrogens with two attached hydrogens (primary N) is 1. The van der Waals surface area contributed by atoms with Crippen molar-refractivity contribution in [1.29, 1.82) is 0 Å². The molecule has 0 heterocycles. The maximum atomic E-state index is 10.9. The molecule has 9 nitrogen and oxygen atoms in total. The maximum absolute atomic E-state index is 10.9. The molecule has 0 spiro atoms. The highest BCUT2D eigenvalue weighted by atomic mass is 16.6. The standard InChI is InChI=1S/C10H19NO7.N/c1-16-4-5-17-6-7-18-10(11,9(14)15)3-2-8(12)13;/h2-7,11H2,1H3,(H,12,13)(H,14,15);/t10-;/m1./s1. The van der Waals surface area contributed by atoms with Crippen LogP contribution in [0.2, 0.25) is 0 Å². The molecule has 0 aromatic heterocycles. The second kappa shape index (κ2) is 10.6. The minimum Gasteiger partial charge on any atom is -0.481 e. The molecule has 0 amide bonds. The van der Waals surface area contributed by atoms with Gasteiger partial charge in [-0.05, 0) is 0 Å². The molecule has 111 valence electrons. The van der Waals surface area contributed by atoms with Crippen LogP contribution in [0.15, 0.2) is 0 Å². The molecule has 0 unspecified atom stereocenters. The number of nitrogens with zero attached hydrogens (tertiary/aromatic N) is 1. The molecule has 9 heteroatoms. The number of carbonyl (C=O) groups is 2. The van der Waals surface area contributed by atoms with Crippen LogP contribution in [0.5, 0.6) is 0 Å². The lowest BCUT2D eigenvalue weighted by Gasteiger charge is -2.24. The van der Waals surface area contributed by atoms with Gasteiger partial charge in [0.25, 0.3) is 0 Å². The third-order valence-electron chi connectivity index (χ3n) is 2.09. The molecular formula is C10H19N2O7. The molecule has 19 heavy (non-hydrogen) atoms. The van der Waals surface area contributed by atoms with E-state index in [1.807, 2.05) is 0 Å². The average molecular weight is 279 g/mol. The quantitative estimate of drug-likeness (QED) is 0.314. The summed E-state index contributed by atoms with van der Waals surface area (Å²) in [6.07, 6.45) is -0.691. The fourth-order valence-corrected chi connectivity index (χ4v) is 1.06. The van der Waals surface area contributed by atoms with Crippen molar-refractivity contribution in [3.63, 3.8) is 0 Å². The second-order valence-electron chi connectivity index (χ2n) is 3.54. The first kappa shape index (κ1) is 20.1. The van der Waals surface area contributed by atoms with Crippen LogP contribution in [0.1, 0.15) is 12.8 Å². The van der Waals surface area contributed by atoms with Crippen LogP contribution >= 0.6 is 0 Å². The lowest BCUT2D eigenvalue weighted by molar-refractivity contribution is -0.169. The van der Waals surface area contributed by atoms with Gasteiger partial charge in [0.05, 0.1) is 26.4 Å². The molecule has 0 saturated carbocycles. The van der Waals surface area contributed by atoms with E-state index >= 15 is 0 Å². The Balaban J connectivity index is 0. The minimum absolute atomic E-state index is 0. The number of ether oxygens (including phenoxy) is 3. The highest BCUT2D eigenvalue weighted by molar-refractivity contribution is 5.77. The predicted molar refractivity (Wildman–Crippen MR) is 62.2 cm³/mol. The van der Waals surface area contributed by atoms with Gasteiger partial charge < -0.3 is 24.4 Å². The Bertz CT molecular complexity index is 275. The summed E-state index contributed by atoms with van der Waals surface area (Å²) in [4.78, 5) is 21.3. The summed E-state index contributed by atoms with van der Waals surface area (Å²) in [6.45, 7) is 0.903. The van der Waals surface area contributed by atoms with Crippen LogP contribution in [0.3, 0.4) is 0 Å². The second-order valence-corrected chi connectivity index (χ2v) is 3.54. The van der Waals surface area contributed by atoms with Gasteiger partial charge in [-0.1, -0.05) is 0 Å². The monoisotopic (exact) mass is 279 g/mol. The van der Waals surface area contributed by atoms with Crippen LogP contribution in [0, 0.1) is 0 Å². The predicted octanol–water partition coefficient (Wildman–Crippen LogP) is -1.21. The first-order valence-corrected chi connectivity index (χ1v) is 5.37. The van der Waals surface area contributed by atoms with Gasteiger partial charge in [0, 0.05) is 26.1 Å². The Labute approximate surface area is 111 Å². The summed E-state index contributed by atoms with van der Waals surface area (Å²) in [5.74, 6) is -2.54. The SMILES string of the molecule is COCCOCCO[C@](N)(CCC(=O)O)C(=O)O.[N]. The summed E-state index contributed by atoms with van der Waals surface area (Å²) >= 11 is 0. The van der Waals surface area contributed by atoms with Crippen molar-refractivity contribution >= 4 is 11.9 Å². The highest BCUT2D eigenvalue weighted by Gasteiger charge is 2.35. The molecule has 0 fully saturated rings. The van der Waals surface area contributed by atoms with Crippen molar-refractivity contribution in [2.24, 2.45) is 5.73 Å². The van der Waals surface area contributed by atoms with Gasteiger partial charge in [-0.3, -0.25) is 10.5 Å². The Morgan fingerprint density at radius 1 is 1.16 bits per heavy atom. The lowest BCUT2D eigenvalue weighted by Crippen LogP contribution is -2.51. The van der Waals surface area contributed by atoms with Gasteiger partial charge in [-0.2, -0.15) is 0 Å². The molecule has 0 aliphatic carbocycles. The van der Waals surface area contributed by atoms with Gasteiger partial charge in [0.1, 0.15) is 0 Å². The molecule has 0 aliphatic rings. The number of methoxy groups -OCH3 is 1. The van der Waals surface area contributed by atoms with Crippen LogP contribution in [-0.4, -0.2) is 61.4 Å². The van der Waals surface area contributed by atoms with Crippen molar-refractivity contribution in [2.45, 2.75) is 18.6 Å². The normalized spacial score (nSPS) is 13.4. The molecule has 0 bridgehead atoms. The van der Waals surface area contributed by atoms with E-state index in [1.165, 1.54) is 7.11 Å². The Morgan fingerprint density at radius 2 is 1.74 bits per heavy atom. The Kier molecular flexibility index (Phi) is 11.2. The van der Waals surface area contributed by atoms with Crippen molar-refractivity contribution in [3.05, 3.63) is 0 Å². The molecule has 1 atom stereocenters. The Morgan fingerprint density at radius 3 is 2.21 bits per heavy atom. The van der Waals surface area contributed by atoms with E-state index in [1.54, 1.807) is 0 Å². The number of hydrogen-bond donors (Lipinski definition) is 3. The fraction of sp³-hybridized carbons (Fsp3) is 0.800. The zero-order valence-electron chi connectivity index (χ0n) is 10.7. The summed E-state index contributed by atoms with van der Waals surface area (Å²) in [7, 11) is 1.53. The van der Waals surface area contributed by atoms with E-state index in [-0.39, 0.29) is 32.2 Å². The fourth-order valence-electron chi connectivity index (χ4n) is 1.06. The van der Waals surface area contributed by atoms with Crippen LogP contribution in [-0.2, 0) is 23.8 Å². The number of hydrogen-bond acceptors (Lipinski definition) is 6. The van der Waals surface area contributed by atoms with Crippen LogP contribution < -0.4 is 11.9 Å². The minimum atomic E-state index is -2.00. The average Bonchev–Trinajstić information content (AvgIpc) is 2.31. The van der Waals surface area contributed by atoms with E-state index < -0.39 is 17.7 Å². The van der Waals surface area contributed by atoms with E-state index in [2.05, 4.69) is 0 Å². The summed E-state index contributed by atoms with van der Waals surface area (Å²) < 4.78 is 14.8. The first-order chi connectivity index (χ1) is 8.42. The molecule has 0 aromatic carbocycles. The third-order valence-corrected chi connectivity index (χ3v) is 2.09. The van der Waals surface area contributed by atoms with Crippen molar-refractivity contribution in [2.75, 3.05) is 33.5 Å². The van der Waals surface area contributed by atoms with Crippen LogP contribution in [0.4, 0.5) is 0 Å². The smallest absolute Gasteiger partial charge is 0.351 e. The molecular weight excluding hydrogens is 260 g/mol. The van der Waals surface area contributed by atoms with Crippen molar-refractivity contribution in [3.8, 4) is 0 Å². The van der Waals surface area contributed by atoms with Crippen LogP contribution in [0.25, 0.3) is 0 Å². The largest absolute Gasteiger partial charge is 0.481 e. The molecule has 0 aliphatic heterocycles. The molecule has 0 rings (SSSR count). The van der Waals surface area contributed by atoms with Crippen molar-refractivity contribution in [1.82, 2.24) is 6.15 Å². The number of aliphatic carboxylic acids is 2. The van der Waals surface area contributed by atoms with E-state index in [9.17, 15) is 9.59 Å². The summed E-state index contributed by atoms with van der Waals surface area (Å²) in [6, 6.07) is 0. The number of carboxylic acids is 2. The summed E-state index contributed by atoms with van der Waals surface area (Å²) in [5, 5.41) is 17.4. The molecule has 0 saturated heterocycles. The number of carboxylic acid groups (broad SMARTS) is 2. The summed E-state index contributed by atoms with van der Waals surface area (Å²) in [5.41, 5.74) is 3.47. The van der Waals surface area contributed by atoms with Gasteiger partial charge in [0.2, 0.25) is 5.72 Å². The highest BCUT2D eigenvalue weighted by Crippen LogP contribution is 2.12. The topological polar surface area (TPSA) is 159 Å². The van der Waals surface area contributed by atoms with Gasteiger partial charge in [0.15, 0.2) is 0 Å². The van der Waals surface area contributed by atoms with Gasteiger partial charge in [-0.15, -0.1) is 0 Å². The molecule has 0 aromatic rings. The van der Waals surface area contributed by atoms with E-state index in [0.717, 1.165) is 0 Å². The van der Waals surface area contributed by atoms with E-state index in [4.69, 9.17) is 30.2 Å². The van der Waals surface area contributed by atoms with E-state index in [0.29, 0.717) is 13.2 Å². The third kappa shape index (κ3) is 9.33. The zero-order chi connectivity index (χ0) is 14.0. The van der Waals surface area contributed by atoms with Crippen molar-refractivity contribution < 1.29 is 34.0 Å². The zero-order valence-corrected chi connectivity index (χ0v) is 10.7. The molecule has 4 N–H and O–H groups in total.